The molecule has 0 saturated heterocycles. The molecule has 1 aromatic carbocycles. The van der Waals surface area contributed by atoms with Crippen LogP contribution in [-0.2, 0) is 16.8 Å². The molecular weight excluding hydrogens is 178 g/mol. The zero-order valence-corrected chi connectivity index (χ0v) is 8.45. The highest BCUT2D eigenvalue weighted by molar-refractivity contribution is 5.80. The highest BCUT2D eigenvalue weighted by Gasteiger charge is 2.28. The zero-order valence-electron chi connectivity index (χ0n) is 8.45. The molecule has 14 heavy (non-hydrogen) atoms. The Kier molecular flexibility index (Phi) is 2.91. The molecule has 0 spiro atoms. The maximum Gasteiger partial charge on any atom is 0.313 e. The minimum atomic E-state index is -0.840. The average molecular weight is 193 g/mol. The summed E-state index contributed by atoms with van der Waals surface area (Å²) in [4.78, 5) is 11.0. The number of carbonyl (C=O) groups is 1. The Morgan fingerprint density at radius 1 is 1.36 bits per heavy atom. The summed E-state index contributed by atoms with van der Waals surface area (Å²) in [7, 11) is 0. The van der Waals surface area contributed by atoms with Crippen molar-refractivity contribution in [3.05, 3.63) is 35.4 Å². The first-order valence-corrected chi connectivity index (χ1v) is 4.51. The second kappa shape index (κ2) is 3.80. The van der Waals surface area contributed by atoms with Gasteiger partial charge in [-0.05, 0) is 25.0 Å². The highest BCUT2D eigenvalue weighted by atomic mass is 16.4. The Morgan fingerprint density at radius 2 is 1.86 bits per heavy atom. The molecule has 0 aromatic heterocycles. The first-order chi connectivity index (χ1) is 6.48. The standard InChI is InChI=1S/C11H15NO2/c1-11(2,10(13)14)9-5-3-8(7-12)4-6-9/h3-6H,7,12H2,1-2H3,(H,13,14). The van der Waals surface area contributed by atoms with Gasteiger partial charge in [0.2, 0.25) is 0 Å². The van der Waals surface area contributed by atoms with Crippen molar-refractivity contribution in [1.82, 2.24) is 0 Å². The third-order valence-electron chi connectivity index (χ3n) is 2.45. The highest BCUT2D eigenvalue weighted by Crippen LogP contribution is 2.23. The fourth-order valence-electron chi connectivity index (χ4n) is 1.18. The lowest BCUT2D eigenvalue weighted by molar-refractivity contribution is -0.142. The normalized spacial score (nSPS) is 11.4. The fraction of sp³-hybridized carbons (Fsp3) is 0.364. The maximum absolute atomic E-state index is 11.0. The monoisotopic (exact) mass is 193 g/mol. The number of benzene rings is 1. The molecule has 0 heterocycles. The van der Waals surface area contributed by atoms with Crippen LogP contribution in [0.1, 0.15) is 25.0 Å². The fourth-order valence-corrected chi connectivity index (χ4v) is 1.18. The summed E-state index contributed by atoms with van der Waals surface area (Å²) in [6.07, 6.45) is 0. The van der Waals surface area contributed by atoms with Gasteiger partial charge in [-0.2, -0.15) is 0 Å². The molecule has 3 nitrogen and oxygen atoms in total. The predicted molar refractivity (Wildman–Crippen MR) is 55.0 cm³/mol. The third kappa shape index (κ3) is 1.93. The average Bonchev–Trinajstić information content (AvgIpc) is 2.17. The first-order valence-electron chi connectivity index (χ1n) is 4.51. The van der Waals surface area contributed by atoms with Gasteiger partial charge in [-0.1, -0.05) is 24.3 Å². The summed E-state index contributed by atoms with van der Waals surface area (Å²) >= 11 is 0. The Balaban J connectivity index is 3.02. The van der Waals surface area contributed by atoms with Crippen molar-refractivity contribution in [2.75, 3.05) is 0 Å². The van der Waals surface area contributed by atoms with Crippen LogP contribution >= 0.6 is 0 Å². The summed E-state index contributed by atoms with van der Waals surface area (Å²) in [6, 6.07) is 7.35. The van der Waals surface area contributed by atoms with E-state index in [0.717, 1.165) is 11.1 Å². The maximum atomic E-state index is 11.0. The summed E-state index contributed by atoms with van der Waals surface area (Å²) in [5, 5.41) is 9.00. The molecule has 76 valence electrons. The van der Waals surface area contributed by atoms with Gasteiger partial charge in [0.15, 0.2) is 0 Å². The van der Waals surface area contributed by atoms with Gasteiger partial charge in [0.05, 0.1) is 5.41 Å². The van der Waals surface area contributed by atoms with Crippen LogP contribution in [0.3, 0.4) is 0 Å². The van der Waals surface area contributed by atoms with E-state index in [0.29, 0.717) is 6.54 Å². The number of hydrogen-bond acceptors (Lipinski definition) is 2. The van der Waals surface area contributed by atoms with E-state index in [9.17, 15) is 4.79 Å². The largest absolute Gasteiger partial charge is 0.481 e. The molecule has 0 saturated carbocycles. The molecule has 0 bridgehead atoms. The van der Waals surface area contributed by atoms with Crippen LogP contribution in [0.2, 0.25) is 0 Å². The molecule has 0 unspecified atom stereocenters. The summed E-state index contributed by atoms with van der Waals surface area (Å²) in [6.45, 7) is 3.85. The van der Waals surface area contributed by atoms with Crippen molar-refractivity contribution in [2.45, 2.75) is 25.8 Å². The van der Waals surface area contributed by atoms with Crippen LogP contribution in [0.25, 0.3) is 0 Å². The minimum Gasteiger partial charge on any atom is -0.481 e. The molecule has 0 aliphatic carbocycles. The smallest absolute Gasteiger partial charge is 0.313 e. The van der Waals surface area contributed by atoms with Crippen molar-refractivity contribution in [1.29, 1.82) is 0 Å². The molecule has 3 N–H and O–H groups in total. The molecule has 0 aliphatic rings. The number of carboxylic acids is 1. The molecule has 0 radical (unpaired) electrons. The quantitative estimate of drug-likeness (QED) is 0.764. The number of aliphatic carboxylic acids is 1. The number of carboxylic acid groups (broad SMARTS) is 1. The van der Waals surface area contributed by atoms with Gasteiger partial charge in [0.25, 0.3) is 0 Å². The van der Waals surface area contributed by atoms with Crippen molar-refractivity contribution in [3.63, 3.8) is 0 Å². The second-order valence-electron chi connectivity index (χ2n) is 3.83. The topological polar surface area (TPSA) is 63.3 Å². The van der Waals surface area contributed by atoms with Crippen molar-refractivity contribution < 1.29 is 9.90 Å². The van der Waals surface area contributed by atoms with Gasteiger partial charge in [0.1, 0.15) is 0 Å². The number of hydrogen-bond donors (Lipinski definition) is 2. The van der Waals surface area contributed by atoms with Crippen LogP contribution in [0.5, 0.6) is 0 Å². The van der Waals surface area contributed by atoms with Gasteiger partial charge in [-0.25, -0.2) is 0 Å². The summed E-state index contributed by atoms with van der Waals surface area (Å²) in [5.74, 6) is -0.821. The van der Waals surface area contributed by atoms with E-state index in [1.54, 1.807) is 13.8 Å². The molecule has 1 rings (SSSR count). The number of rotatable bonds is 3. The van der Waals surface area contributed by atoms with Crippen molar-refractivity contribution in [3.8, 4) is 0 Å². The lowest BCUT2D eigenvalue weighted by Crippen LogP contribution is -2.28. The SMILES string of the molecule is CC(C)(C(=O)O)c1ccc(CN)cc1. The van der Waals surface area contributed by atoms with E-state index in [2.05, 4.69) is 0 Å². The molecule has 0 amide bonds. The Hall–Kier alpha value is -1.35. The predicted octanol–water partition coefficient (Wildman–Crippen LogP) is 1.51. The Morgan fingerprint density at radius 3 is 2.21 bits per heavy atom. The summed E-state index contributed by atoms with van der Waals surface area (Å²) in [5.41, 5.74) is 6.42. The molecule has 1 aromatic rings. The van der Waals surface area contributed by atoms with Crippen LogP contribution < -0.4 is 5.73 Å². The van der Waals surface area contributed by atoms with Crippen molar-refractivity contribution >= 4 is 5.97 Å². The molecular formula is C11H15NO2. The van der Waals surface area contributed by atoms with Crippen LogP contribution in [0, 0.1) is 0 Å². The van der Waals surface area contributed by atoms with Crippen molar-refractivity contribution in [2.24, 2.45) is 5.73 Å². The zero-order chi connectivity index (χ0) is 10.8. The molecule has 0 fully saturated rings. The van der Waals surface area contributed by atoms with Crippen LogP contribution in [0.15, 0.2) is 24.3 Å². The van der Waals surface area contributed by atoms with E-state index in [4.69, 9.17) is 10.8 Å². The van der Waals surface area contributed by atoms with Gasteiger partial charge in [-0.15, -0.1) is 0 Å². The molecule has 3 heteroatoms. The molecule has 0 aliphatic heterocycles. The first kappa shape index (κ1) is 10.7. The van der Waals surface area contributed by atoms with Crippen LogP contribution in [-0.4, -0.2) is 11.1 Å². The number of nitrogens with two attached hydrogens (primary N) is 1. The molecule has 0 atom stereocenters. The third-order valence-corrected chi connectivity index (χ3v) is 2.45. The van der Waals surface area contributed by atoms with E-state index in [-0.39, 0.29) is 0 Å². The van der Waals surface area contributed by atoms with E-state index in [1.807, 2.05) is 24.3 Å². The lowest BCUT2D eigenvalue weighted by atomic mass is 9.84. The van der Waals surface area contributed by atoms with Gasteiger partial charge in [0, 0.05) is 6.54 Å². The Bertz CT molecular complexity index is 328. The minimum absolute atomic E-state index is 0.480. The van der Waals surface area contributed by atoms with Crippen LogP contribution in [0.4, 0.5) is 0 Å². The lowest BCUT2D eigenvalue weighted by Gasteiger charge is -2.19. The van der Waals surface area contributed by atoms with Gasteiger partial charge in [-0.3, -0.25) is 4.79 Å². The Labute approximate surface area is 83.6 Å². The van der Waals surface area contributed by atoms with E-state index in [1.165, 1.54) is 0 Å². The van der Waals surface area contributed by atoms with Gasteiger partial charge < -0.3 is 10.8 Å². The summed E-state index contributed by atoms with van der Waals surface area (Å²) < 4.78 is 0. The van der Waals surface area contributed by atoms with Gasteiger partial charge >= 0.3 is 5.97 Å². The van der Waals surface area contributed by atoms with E-state index < -0.39 is 11.4 Å². The second-order valence-corrected chi connectivity index (χ2v) is 3.83. The van der Waals surface area contributed by atoms with E-state index >= 15 is 0 Å².